The lowest BCUT2D eigenvalue weighted by molar-refractivity contribution is -0.136. The van der Waals surface area contributed by atoms with E-state index < -0.39 is 0 Å². The molecule has 0 aromatic carbocycles. The average Bonchev–Trinajstić information content (AvgIpc) is 2.75. The third-order valence-corrected chi connectivity index (χ3v) is 7.96. The van der Waals surface area contributed by atoms with E-state index in [2.05, 4.69) is 19.9 Å². The van der Waals surface area contributed by atoms with Crippen LogP contribution in [0.5, 0.6) is 0 Å². The SMILES string of the molecule is CC12CCC(O)CC1=CCC1C2C(O)CC2(C)C(O)CCC12. The number of aliphatic hydroxyl groups is 3. The second-order valence-electron chi connectivity index (χ2n) is 8.95. The van der Waals surface area contributed by atoms with Crippen LogP contribution in [0.15, 0.2) is 11.6 Å². The van der Waals surface area contributed by atoms with Crippen molar-refractivity contribution in [1.29, 1.82) is 0 Å². The van der Waals surface area contributed by atoms with E-state index in [-0.39, 0.29) is 29.1 Å². The molecule has 0 aromatic heterocycles. The fraction of sp³-hybridized carbons (Fsp3) is 0.895. The van der Waals surface area contributed by atoms with Crippen LogP contribution >= 0.6 is 0 Å². The summed E-state index contributed by atoms with van der Waals surface area (Å²) >= 11 is 0. The zero-order valence-electron chi connectivity index (χ0n) is 13.8. The molecule has 0 bridgehead atoms. The smallest absolute Gasteiger partial charge is 0.0597 e. The fourth-order valence-electron chi connectivity index (χ4n) is 6.75. The lowest BCUT2D eigenvalue weighted by atomic mass is 9.47. The predicted octanol–water partition coefficient (Wildman–Crippen LogP) is 2.64. The molecule has 0 heterocycles. The number of aliphatic hydroxyl groups excluding tert-OH is 3. The highest BCUT2D eigenvalue weighted by molar-refractivity contribution is 5.26. The maximum absolute atomic E-state index is 11.0. The van der Waals surface area contributed by atoms with E-state index >= 15 is 0 Å². The Labute approximate surface area is 133 Å². The number of allylic oxidation sites excluding steroid dienone is 1. The summed E-state index contributed by atoms with van der Waals surface area (Å²) in [6, 6.07) is 0. The largest absolute Gasteiger partial charge is 0.393 e. The van der Waals surface area contributed by atoms with Crippen LogP contribution in [-0.4, -0.2) is 33.6 Å². The van der Waals surface area contributed by atoms with E-state index in [0.29, 0.717) is 17.8 Å². The standard InChI is InChI=1S/C19H30O3/c1-18-8-7-12(20)9-11(18)3-4-13-14-5-6-16(22)19(14,2)10-15(21)17(13)18/h3,12-17,20-22H,4-10H2,1-2H3. The Bertz CT molecular complexity index is 501. The van der Waals surface area contributed by atoms with Gasteiger partial charge in [0.25, 0.3) is 0 Å². The Morgan fingerprint density at radius 2 is 1.86 bits per heavy atom. The first-order chi connectivity index (χ1) is 10.4. The Hall–Kier alpha value is -0.380. The molecular weight excluding hydrogens is 276 g/mol. The van der Waals surface area contributed by atoms with Gasteiger partial charge in [0.15, 0.2) is 0 Å². The van der Waals surface area contributed by atoms with E-state index in [1.807, 2.05) is 0 Å². The van der Waals surface area contributed by atoms with Crippen molar-refractivity contribution in [2.45, 2.75) is 77.1 Å². The Balaban J connectivity index is 1.73. The molecule has 4 aliphatic rings. The first kappa shape index (κ1) is 15.2. The first-order valence-electron chi connectivity index (χ1n) is 9.10. The van der Waals surface area contributed by atoms with Crippen LogP contribution in [-0.2, 0) is 0 Å². The van der Waals surface area contributed by atoms with Gasteiger partial charge >= 0.3 is 0 Å². The molecule has 3 heteroatoms. The maximum Gasteiger partial charge on any atom is 0.0597 e. The summed E-state index contributed by atoms with van der Waals surface area (Å²) in [6.45, 7) is 4.51. The van der Waals surface area contributed by atoms with Gasteiger partial charge in [0.05, 0.1) is 18.3 Å². The summed E-state index contributed by atoms with van der Waals surface area (Å²) in [6.07, 6.45) is 7.99. The highest BCUT2D eigenvalue weighted by Crippen LogP contribution is 2.64. The molecule has 0 aromatic rings. The Kier molecular flexibility index (Phi) is 3.32. The van der Waals surface area contributed by atoms with Crippen molar-refractivity contribution in [2.75, 3.05) is 0 Å². The molecule has 3 fully saturated rings. The van der Waals surface area contributed by atoms with Crippen LogP contribution in [0.25, 0.3) is 0 Å². The molecular formula is C19H30O3. The molecule has 0 spiro atoms. The van der Waals surface area contributed by atoms with Crippen molar-refractivity contribution < 1.29 is 15.3 Å². The molecule has 0 radical (unpaired) electrons. The second kappa shape index (κ2) is 4.81. The lowest BCUT2D eigenvalue weighted by Gasteiger charge is -2.59. The van der Waals surface area contributed by atoms with Crippen LogP contribution in [0, 0.1) is 28.6 Å². The Morgan fingerprint density at radius 1 is 1.09 bits per heavy atom. The average molecular weight is 306 g/mol. The van der Waals surface area contributed by atoms with Gasteiger partial charge in [-0.3, -0.25) is 0 Å². The van der Waals surface area contributed by atoms with Gasteiger partial charge in [-0.25, -0.2) is 0 Å². The molecule has 0 aliphatic heterocycles. The zero-order valence-corrected chi connectivity index (χ0v) is 13.8. The molecule has 124 valence electrons. The van der Waals surface area contributed by atoms with Crippen molar-refractivity contribution in [3.8, 4) is 0 Å². The van der Waals surface area contributed by atoms with Gasteiger partial charge in [-0.05, 0) is 73.5 Å². The summed E-state index contributed by atoms with van der Waals surface area (Å²) in [5.74, 6) is 1.34. The Morgan fingerprint density at radius 3 is 2.64 bits per heavy atom. The summed E-state index contributed by atoms with van der Waals surface area (Å²) in [4.78, 5) is 0. The van der Waals surface area contributed by atoms with Crippen molar-refractivity contribution in [3.63, 3.8) is 0 Å². The predicted molar refractivity (Wildman–Crippen MR) is 85.1 cm³/mol. The quantitative estimate of drug-likeness (QED) is 0.603. The highest BCUT2D eigenvalue weighted by atomic mass is 16.3. The summed E-state index contributed by atoms with van der Waals surface area (Å²) in [5, 5.41) is 31.5. The minimum absolute atomic E-state index is 0.0520. The molecule has 4 aliphatic carbocycles. The van der Waals surface area contributed by atoms with E-state index in [1.54, 1.807) is 0 Å². The van der Waals surface area contributed by atoms with Crippen molar-refractivity contribution in [2.24, 2.45) is 28.6 Å². The van der Waals surface area contributed by atoms with Gasteiger partial charge in [0, 0.05) is 0 Å². The normalized spacial score (nSPS) is 57.6. The number of fused-ring (bicyclic) bond motifs is 5. The zero-order chi connectivity index (χ0) is 15.7. The molecule has 0 saturated heterocycles. The molecule has 22 heavy (non-hydrogen) atoms. The summed E-state index contributed by atoms with van der Waals surface area (Å²) in [5.41, 5.74) is 1.33. The van der Waals surface area contributed by atoms with E-state index in [4.69, 9.17) is 0 Å². The van der Waals surface area contributed by atoms with Gasteiger partial charge in [-0.1, -0.05) is 25.5 Å². The maximum atomic E-state index is 11.0. The minimum atomic E-state index is -0.317. The molecule has 3 saturated carbocycles. The van der Waals surface area contributed by atoms with Gasteiger partial charge in [0.2, 0.25) is 0 Å². The molecule has 0 amide bonds. The van der Waals surface area contributed by atoms with Crippen molar-refractivity contribution in [3.05, 3.63) is 11.6 Å². The van der Waals surface area contributed by atoms with Crippen LogP contribution in [0.3, 0.4) is 0 Å². The summed E-state index contributed by atoms with van der Waals surface area (Å²) < 4.78 is 0. The van der Waals surface area contributed by atoms with E-state index in [1.165, 1.54) is 5.57 Å². The molecule has 3 N–H and O–H groups in total. The fourth-order valence-corrected chi connectivity index (χ4v) is 6.75. The molecule has 8 atom stereocenters. The van der Waals surface area contributed by atoms with Crippen LogP contribution in [0.2, 0.25) is 0 Å². The van der Waals surface area contributed by atoms with Gasteiger partial charge in [-0.2, -0.15) is 0 Å². The molecule has 4 rings (SSSR count). The summed E-state index contributed by atoms with van der Waals surface area (Å²) in [7, 11) is 0. The minimum Gasteiger partial charge on any atom is -0.393 e. The van der Waals surface area contributed by atoms with E-state index in [9.17, 15) is 15.3 Å². The lowest BCUT2D eigenvalue weighted by Crippen LogP contribution is -2.57. The van der Waals surface area contributed by atoms with Crippen LogP contribution < -0.4 is 0 Å². The van der Waals surface area contributed by atoms with Crippen molar-refractivity contribution >= 4 is 0 Å². The first-order valence-corrected chi connectivity index (χ1v) is 9.10. The van der Waals surface area contributed by atoms with E-state index in [0.717, 1.165) is 44.9 Å². The third-order valence-electron chi connectivity index (χ3n) is 7.96. The highest BCUT2D eigenvalue weighted by Gasteiger charge is 2.61. The van der Waals surface area contributed by atoms with Crippen LogP contribution in [0.1, 0.15) is 58.8 Å². The number of rotatable bonds is 0. The third kappa shape index (κ3) is 1.85. The van der Waals surface area contributed by atoms with Crippen molar-refractivity contribution in [1.82, 2.24) is 0 Å². The van der Waals surface area contributed by atoms with Gasteiger partial charge < -0.3 is 15.3 Å². The second-order valence-corrected chi connectivity index (χ2v) is 8.95. The topological polar surface area (TPSA) is 60.7 Å². The molecule has 8 unspecified atom stereocenters. The van der Waals surface area contributed by atoms with Gasteiger partial charge in [0.1, 0.15) is 0 Å². The molecule has 3 nitrogen and oxygen atoms in total. The number of hydrogen-bond donors (Lipinski definition) is 3. The monoisotopic (exact) mass is 306 g/mol. The van der Waals surface area contributed by atoms with Crippen LogP contribution in [0.4, 0.5) is 0 Å². The number of hydrogen-bond acceptors (Lipinski definition) is 3. The van der Waals surface area contributed by atoms with Gasteiger partial charge in [-0.15, -0.1) is 0 Å².